The minimum atomic E-state index is -0.859. The topological polar surface area (TPSA) is 40.5 Å². The van der Waals surface area contributed by atoms with Gasteiger partial charge in [0.1, 0.15) is 0 Å². The molecule has 1 aliphatic rings. The van der Waals surface area contributed by atoms with E-state index in [2.05, 4.69) is 20.8 Å². The highest BCUT2D eigenvalue weighted by Crippen LogP contribution is 2.41. The second kappa shape index (κ2) is 3.25. The first-order valence-electron chi connectivity index (χ1n) is 5.14. The molecule has 0 radical (unpaired) electrons. The number of hydrogen-bond donors (Lipinski definition) is 2. The fourth-order valence-corrected chi connectivity index (χ4v) is 2.06. The van der Waals surface area contributed by atoms with Crippen molar-refractivity contribution >= 4 is 0 Å². The molecule has 0 aliphatic heterocycles. The fraction of sp³-hybridized carbons (Fsp3) is 1.00. The molecule has 0 aromatic carbocycles. The summed E-state index contributed by atoms with van der Waals surface area (Å²) in [5.74, 6) is 0.530. The Balaban J connectivity index is 2.61. The van der Waals surface area contributed by atoms with Crippen molar-refractivity contribution in [1.29, 1.82) is 0 Å². The van der Waals surface area contributed by atoms with Crippen molar-refractivity contribution in [3.8, 4) is 0 Å². The van der Waals surface area contributed by atoms with Gasteiger partial charge in [0.05, 0.1) is 11.7 Å². The number of aliphatic hydroxyl groups excluding tert-OH is 1. The molecule has 2 nitrogen and oxygen atoms in total. The van der Waals surface area contributed by atoms with Crippen LogP contribution >= 0.6 is 0 Å². The predicted molar refractivity (Wildman–Crippen MR) is 53.4 cm³/mol. The summed E-state index contributed by atoms with van der Waals surface area (Å²) in [5.41, 5.74) is -0.612. The number of rotatable bonds is 0. The zero-order valence-corrected chi connectivity index (χ0v) is 9.17. The SMILES string of the molecule is CC(C)(C)[C@H]1CC[C@@](C)(O)[C@@H](O)C1. The lowest BCUT2D eigenvalue weighted by molar-refractivity contribution is -0.110. The first-order valence-corrected chi connectivity index (χ1v) is 5.14. The van der Waals surface area contributed by atoms with Crippen LogP contribution in [0.4, 0.5) is 0 Å². The second-order valence-electron chi connectivity index (χ2n) is 5.71. The van der Waals surface area contributed by atoms with Crippen LogP contribution in [0.2, 0.25) is 0 Å². The summed E-state index contributed by atoms with van der Waals surface area (Å²) in [6.07, 6.45) is 1.92. The van der Waals surface area contributed by atoms with E-state index >= 15 is 0 Å². The van der Waals surface area contributed by atoms with Gasteiger partial charge in [0.2, 0.25) is 0 Å². The molecule has 1 rings (SSSR count). The highest BCUT2D eigenvalue weighted by atomic mass is 16.3. The molecule has 2 heteroatoms. The van der Waals surface area contributed by atoms with E-state index in [4.69, 9.17) is 0 Å². The second-order valence-corrected chi connectivity index (χ2v) is 5.71. The van der Waals surface area contributed by atoms with Crippen LogP contribution in [0.15, 0.2) is 0 Å². The highest BCUT2D eigenvalue weighted by molar-refractivity contribution is 4.92. The van der Waals surface area contributed by atoms with E-state index in [9.17, 15) is 10.2 Å². The van der Waals surface area contributed by atoms with E-state index in [1.54, 1.807) is 6.92 Å². The van der Waals surface area contributed by atoms with Gasteiger partial charge in [0, 0.05) is 0 Å². The van der Waals surface area contributed by atoms with E-state index in [1.807, 2.05) is 0 Å². The van der Waals surface area contributed by atoms with Crippen molar-refractivity contribution in [3.63, 3.8) is 0 Å². The molecule has 0 bridgehead atoms. The van der Waals surface area contributed by atoms with Crippen LogP contribution in [-0.2, 0) is 0 Å². The lowest BCUT2D eigenvalue weighted by atomic mass is 9.67. The molecule has 78 valence electrons. The van der Waals surface area contributed by atoms with Gasteiger partial charge in [0.25, 0.3) is 0 Å². The summed E-state index contributed by atoms with van der Waals surface area (Å²) >= 11 is 0. The maximum Gasteiger partial charge on any atom is 0.0877 e. The summed E-state index contributed by atoms with van der Waals surface area (Å²) in [6.45, 7) is 8.33. The molecule has 1 fully saturated rings. The molecule has 1 saturated carbocycles. The molecule has 0 amide bonds. The summed E-state index contributed by atoms with van der Waals surface area (Å²) in [6, 6.07) is 0. The molecule has 2 N–H and O–H groups in total. The molecule has 0 heterocycles. The molecule has 0 spiro atoms. The van der Waals surface area contributed by atoms with Crippen LogP contribution in [0.5, 0.6) is 0 Å². The van der Waals surface area contributed by atoms with Crippen molar-refractivity contribution in [2.24, 2.45) is 11.3 Å². The molecule has 0 aromatic rings. The first kappa shape index (κ1) is 11.0. The lowest BCUT2D eigenvalue weighted by Gasteiger charge is -2.42. The van der Waals surface area contributed by atoms with Crippen LogP contribution in [-0.4, -0.2) is 21.9 Å². The number of hydrogen-bond acceptors (Lipinski definition) is 2. The monoisotopic (exact) mass is 186 g/mol. The van der Waals surface area contributed by atoms with Crippen molar-refractivity contribution in [2.45, 2.75) is 58.7 Å². The van der Waals surface area contributed by atoms with Crippen molar-refractivity contribution < 1.29 is 10.2 Å². The Kier molecular flexibility index (Phi) is 2.75. The Morgan fingerprint density at radius 3 is 2.23 bits per heavy atom. The van der Waals surface area contributed by atoms with Crippen LogP contribution in [0.1, 0.15) is 47.0 Å². The lowest BCUT2D eigenvalue weighted by Crippen LogP contribution is -2.46. The van der Waals surface area contributed by atoms with E-state index in [1.165, 1.54) is 0 Å². The molecule has 1 aliphatic carbocycles. The van der Waals surface area contributed by atoms with E-state index in [0.29, 0.717) is 5.92 Å². The van der Waals surface area contributed by atoms with Crippen LogP contribution in [0, 0.1) is 11.3 Å². The number of aliphatic hydroxyl groups is 2. The van der Waals surface area contributed by atoms with Gasteiger partial charge in [-0.1, -0.05) is 20.8 Å². The normalized spacial score (nSPS) is 42.0. The standard InChI is InChI=1S/C11H22O2/c1-10(2,3)8-5-6-11(4,13)9(12)7-8/h8-9,12-13H,5-7H2,1-4H3/t8-,9-,11+/m0/s1. The molecular weight excluding hydrogens is 164 g/mol. The third-order valence-corrected chi connectivity index (χ3v) is 3.45. The third kappa shape index (κ3) is 2.44. The maximum atomic E-state index is 9.78. The van der Waals surface area contributed by atoms with Gasteiger partial charge >= 0.3 is 0 Å². The molecule has 0 saturated heterocycles. The zero-order valence-electron chi connectivity index (χ0n) is 9.17. The Hall–Kier alpha value is -0.0800. The van der Waals surface area contributed by atoms with Gasteiger partial charge in [-0.15, -0.1) is 0 Å². The Bertz CT molecular complexity index is 179. The predicted octanol–water partition coefficient (Wildman–Crippen LogP) is 1.94. The van der Waals surface area contributed by atoms with Gasteiger partial charge in [-0.05, 0) is 37.5 Å². The highest BCUT2D eigenvalue weighted by Gasteiger charge is 2.40. The van der Waals surface area contributed by atoms with Gasteiger partial charge in [-0.2, -0.15) is 0 Å². The van der Waals surface area contributed by atoms with Gasteiger partial charge in [0.15, 0.2) is 0 Å². The Morgan fingerprint density at radius 2 is 1.85 bits per heavy atom. The van der Waals surface area contributed by atoms with E-state index in [-0.39, 0.29) is 5.41 Å². The quantitative estimate of drug-likeness (QED) is 0.607. The smallest absolute Gasteiger partial charge is 0.0877 e. The minimum Gasteiger partial charge on any atom is -0.390 e. The summed E-state index contributed by atoms with van der Waals surface area (Å²) in [5, 5.41) is 19.5. The third-order valence-electron chi connectivity index (χ3n) is 3.45. The first-order chi connectivity index (χ1) is 5.73. The average molecular weight is 186 g/mol. The molecule has 13 heavy (non-hydrogen) atoms. The van der Waals surface area contributed by atoms with Crippen LogP contribution < -0.4 is 0 Å². The molecular formula is C11H22O2. The van der Waals surface area contributed by atoms with Crippen molar-refractivity contribution in [1.82, 2.24) is 0 Å². The van der Waals surface area contributed by atoms with Gasteiger partial charge in [-0.25, -0.2) is 0 Å². The Morgan fingerprint density at radius 1 is 1.31 bits per heavy atom. The largest absolute Gasteiger partial charge is 0.390 e. The summed E-state index contributed by atoms with van der Waals surface area (Å²) in [7, 11) is 0. The maximum absolute atomic E-state index is 9.78. The summed E-state index contributed by atoms with van der Waals surface area (Å²) in [4.78, 5) is 0. The van der Waals surface area contributed by atoms with E-state index in [0.717, 1.165) is 19.3 Å². The summed E-state index contributed by atoms with van der Waals surface area (Å²) < 4.78 is 0. The Labute approximate surface area is 81.0 Å². The molecule has 0 aromatic heterocycles. The molecule has 3 atom stereocenters. The van der Waals surface area contributed by atoms with E-state index < -0.39 is 11.7 Å². The van der Waals surface area contributed by atoms with Gasteiger partial charge in [-0.3, -0.25) is 0 Å². The molecule has 0 unspecified atom stereocenters. The minimum absolute atomic E-state index is 0.248. The average Bonchev–Trinajstić information content (AvgIpc) is 1.92. The van der Waals surface area contributed by atoms with Crippen molar-refractivity contribution in [2.75, 3.05) is 0 Å². The van der Waals surface area contributed by atoms with Crippen LogP contribution in [0.3, 0.4) is 0 Å². The van der Waals surface area contributed by atoms with Crippen LogP contribution in [0.25, 0.3) is 0 Å². The fourth-order valence-electron chi connectivity index (χ4n) is 2.06. The van der Waals surface area contributed by atoms with Gasteiger partial charge < -0.3 is 10.2 Å². The van der Waals surface area contributed by atoms with Crippen molar-refractivity contribution in [3.05, 3.63) is 0 Å². The zero-order chi connectivity index (χ0) is 10.3.